The molecule has 31 heavy (non-hydrogen) atoms. The van der Waals surface area contributed by atoms with Crippen LogP contribution in [0.15, 0.2) is 48.5 Å². The highest BCUT2D eigenvalue weighted by molar-refractivity contribution is 5.84. The predicted octanol–water partition coefficient (Wildman–Crippen LogP) is 8.16. The van der Waals surface area contributed by atoms with Gasteiger partial charge >= 0.3 is 0 Å². The third kappa shape index (κ3) is 5.11. The van der Waals surface area contributed by atoms with Gasteiger partial charge in [-0.15, -0.1) is 0 Å². The van der Waals surface area contributed by atoms with Crippen molar-refractivity contribution in [2.75, 3.05) is 6.61 Å². The molecule has 0 fully saturated rings. The van der Waals surface area contributed by atoms with Gasteiger partial charge in [-0.2, -0.15) is 0 Å². The molecular formula is C29H35FO. The van der Waals surface area contributed by atoms with Gasteiger partial charge in [0.05, 0.1) is 6.61 Å². The number of aryl methyl sites for hydroxylation is 2. The van der Waals surface area contributed by atoms with Crippen LogP contribution in [0.5, 0.6) is 5.75 Å². The summed E-state index contributed by atoms with van der Waals surface area (Å²) in [6.45, 7) is 5.20. The van der Waals surface area contributed by atoms with Crippen LogP contribution in [0, 0.1) is 5.82 Å². The Balaban J connectivity index is 1.49. The van der Waals surface area contributed by atoms with Crippen LogP contribution >= 0.6 is 0 Å². The fourth-order valence-electron chi connectivity index (χ4n) is 4.84. The number of benzene rings is 3. The first kappa shape index (κ1) is 21.9. The molecular weight excluding hydrogens is 383 g/mol. The second-order valence-electron chi connectivity index (χ2n) is 9.05. The van der Waals surface area contributed by atoms with Gasteiger partial charge in [-0.05, 0) is 84.2 Å². The van der Waals surface area contributed by atoms with E-state index in [1.807, 2.05) is 12.1 Å². The van der Waals surface area contributed by atoms with E-state index in [1.54, 1.807) is 0 Å². The van der Waals surface area contributed by atoms with Gasteiger partial charge in [0.1, 0.15) is 11.6 Å². The number of rotatable bonds is 9. The molecule has 1 aliphatic carbocycles. The largest absolute Gasteiger partial charge is 0.494 e. The molecule has 1 atom stereocenters. The molecule has 0 amide bonds. The maximum Gasteiger partial charge on any atom is 0.134 e. The van der Waals surface area contributed by atoms with Gasteiger partial charge < -0.3 is 4.74 Å². The highest BCUT2D eigenvalue weighted by Crippen LogP contribution is 2.37. The molecule has 0 aliphatic heterocycles. The first-order valence-electron chi connectivity index (χ1n) is 12.1. The summed E-state index contributed by atoms with van der Waals surface area (Å²) in [6.07, 6.45) is 9.84. The van der Waals surface area contributed by atoms with Crippen molar-refractivity contribution < 1.29 is 9.13 Å². The van der Waals surface area contributed by atoms with E-state index in [2.05, 4.69) is 50.2 Å². The van der Waals surface area contributed by atoms with E-state index < -0.39 is 0 Å². The van der Waals surface area contributed by atoms with Gasteiger partial charge in [-0.1, -0.05) is 69.5 Å². The number of fused-ring (bicyclic) bond motifs is 2. The molecule has 0 radical (unpaired) electrons. The van der Waals surface area contributed by atoms with Gasteiger partial charge in [0.25, 0.3) is 0 Å². The molecule has 0 aromatic heterocycles. The highest BCUT2D eigenvalue weighted by Gasteiger charge is 2.24. The average molecular weight is 419 g/mol. The molecule has 0 saturated heterocycles. The molecule has 1 nitrogen and oxygen atoms in total. The van der Waals surface area contributed by atoms with Crippen LogP contribution in [0.25, 0.3) is 10.8 Å². The summed E-state index contributed by atoms with van der Waals surface area (Å²) in [5.74, 6) is 1.20. The molecule has 0 bridgehead atoms. The number of hydrogen-bond donors (Lipinski definition) is 0. The zero-order chi connectivity index (χ0) is 21.6. The van der Waals surface area contributed by atoms with Crippen LogP contribution < -0.4 is 4.74 Å². The minimum absolute atomic E-state index is 0.0242. The Labute approximate surface area is 186 Å². The van der Waals surface area contributed by atoms with E-state index in [4.69, 9.17) is 4.74 Å². The molecule has 4 rings (SSSR count). The van der Waals surface area contributed by atoms with E-state index in [0.717, 1.165) is 60.8 Å². The number of unbranched alkanes of at least 4 members (excludes halogenated alkanes) is 3. The van der Waals surface area contributed by atoms with Gasteiger partial charge in [0.2, 0.25) is 0 Å². The van der Waals surface area contributed by atoms with Crippen molar-refractivity contribution in [3.63, 3.8) is 0 Å². The smallest absolute Gasteiger partial charge is 0.134 e. The molecule has 1 unspecified atom stereocenters. The summed E-state index contributed by atoms with van der Waals surface area (Å²) in [6, 6.07) is 16.9. The molecule has 3 aromatic carbocycles. The third-order valence-electron chi connectivity index (χ3n) is 6.73. The topological polar surface area (TPSA) is 9.23 Å². The number of ether oxygens (including phenoxy) is 1. The molecule has 1 aliphatic rings. The Morgan fingerprint density at radius 3 is 2.61 bits per heavy atom. The standard InChI is InChI=1S/C29H35FO/c1-3-5-7-17-31-26-14-12-22-19-25(11-10-23(22)20-26)28-16-13-24-18-21(8-6-4-2)9-15-27(24)29(28)30/h9,12-16,18,20,25H,3-8,10-11,17,19H2,1-2H3. The van der Waals surface area contributed by atoms with E-state index in [-0.39, 0.29) is 11.7 Å². The van der Waals surface area contributed by atoms with Gasteiger partial charge in [0.15, 0.2) is 0 Å². The minimum Gasteiger partial charge on any atom is -0.494 e. The first-order valence-corrected chi connectivity index (χ1v) is 12.1. The second kappa shape index (κ2) is 10.3. The van der Waals surface area contributed by atoms with Crippen molar-refractivity contribution in [2.24, 2.45) is 0 Å². The second-order valence-corrected chi connectivity index (χ2v) is 9.05. The SMILES string of the molecule is CCCCCOc1ccc2c(c1)CCC(c1ccc3cc(CCCC)ccc3c1F)C2. The minimum atomic E-state index is -0.0242. The van der Waals surface area contributed by atoms with Crippen LogP contribution in [0.1, 0.15) is 80.5 Å². The normalized spacial score (nSPS) is 15.8. The summed E-state index contributed by atoms with van der Waals surface area (Å²) in [7, 11) is 0. The van der Waals surface area contributed by atoms with Crippen molar-refractivity contribution in [1.29, 1.82) is 0 Å². The molecule has 2 heteroatoms. The first-order chi connectivity index (χ1) is 15.2. The molecule has 164 valence electrons. The van der Waals surface area contributed by atoms with E-state index in [9.17, 15) is 0 Å². The Morgan fingerprint density at radius 2 is 1.77 bits per heavy atom. The number of halogens is 1. The van der Waals surface area contributed by atoms with Crippen molar-refractivity contribution in [2.45, 2.75) is 77.6 Å². The average Bonchev–Trinajstić information content (AvgIpc) is 2.80. The Hall–Kier alpha value is -2.35. The summed E-state index contributed by atoms with van der Waals surface area (Å²) >= 11 is 0. The zero-order valence-corrected chi connectivity index (χ0v) is 19.1. The monoisotopic (exact) mass is 418 g/mol. The summed E-state index contributed by atoms with van der Waals surface area (Å²) in [4.78, 5) is 0. The summed E-state index contributed by atoms with van der Waals surface area (Å²) < 4.78 is 21.4. The van der Waals surface area contributed by atoms with Crippen molar-refractivity contribution in [3.8, 4) is 5.75 Å². The molecule has 0 heterocycles. The highest BCUT2D eigenvalue weighted by atomic mass is 19.1. The van der Waals surface area contributed by atoms with Crippen LogP contribution in [-0.4, -0.2) is 6.61 Å². The van der Waals surface area contributed by atoms with Gasteiger partial charge in [0, 0.05) is 5.39 Å². The third-order valence-corrected chi connectivity index (χ3v) is 6.73. The van der Waals surface area contributed by atoms with Crippen LogP contribution in [-0.2, 0) is 19.3 Å². The van der Waals surface area contributed by atoms with Crippen LogP contribution in [0.3, 0.4) is 0 Å². The fourth-order valence-corrected chi connectivity index (χ4v) is 4.84. The lowest BCUT2D eigenvalue weighted by molar-refractivity contribution is 0.305. The summed E-state index contributed by atoms with van der Waals surface area (Å²) in [5.41, 5.74) is 4.89. The van der Waals surface area contributed by atoms with Crippen molar-refractivity contribution in [3.05, 3.63) is 76.6 Å². The lowest BCUT2D eigenvalue weighted by Gasteiger charge is -2.26. The Kier molecular flexibility index (Phi) is 7.27. The quantitative estimate of drug-likeness (QED) is 0.318. The van der Waals surface area contributed by atoms with Crippen LogP contribution in [0.2, 0.25) is 0 Å². The fraction of sp³-hybridized carbons (Fsp3) is 0.448. The Bertz CT molecular complexity index is 1020. The number of hydrogen-bond acceptors (Lipinski definition) is 1. The van der Waals surface area contributed by atoms with Gasteiger partial charge in [-0.3, -0.25) is 0 Å². The molecule has 3 aromatic rings. The van der Waals surface area contributed by atoms with Gasteiger partial charge in [-0.25, -0.2) is 4.39 Å². The summed E-state index contributed by atoms with van der Waals surface area (Å²) in [5, 5.41) is 1.79. The Morgan fingerprint density at radius 1 is 0.903 bits per heavy atom. The maximum absolute atomic E-state index is 15.5. The van der Waals surface area contributed by atoms with E-state index in [0.29, 0.717) is 0 Å². The van der Waals surface area contributed by atoms with E-state index in [1.165, 1.54) is 42.4 Å². The van der Waals surface area contributed by atoms with Crippen molar-refractivity contribution in [1.82, 2.24) is 0 Å². The predicted molar refractivity (Wildman–Crippen MR) is 129 cm³/mol. The molecule has 0 saturated carbocycles. The zero-order valence-electron chi connectivity index (χ0n) is 19.1. The maximum atomic E-state index is 15.5. The molecule has 0 spiro atoms. The van der Waals surface area contributed by atoms with Crippen molar-refractivity contribution >= 4 is 10.8 Å². The van der Waals surface area contributed by atoms with E-state index >= 15 is 4.39 Å². The lowest BCUT2D eigenvalue weighted by Crippen LogP contribution is -2.14. The lowest BCUT2D eigenvalue weighted by atomic mass is 9.79. The van der Waals surface area contributed by atoms with Crippen LogP contribution in [0.4, 0.5) is 4.39 Å². The molecule has 0 N–H and O–H groups in total.